The molecule has 0 amide bonds. The Labute approximate surface area is 364 Å². The Morgan fingerprint density at radius 3 is 1.98 bits per heavy atom. The zero-order chi connectivity index (χ0) is 40.7. The van der Waals surface area contributed by atoms with Crippen LogP contribution in [0.2, 0.25) is 0 Å². The fraction of sp³-hybridized carbons (Fsp3) is 0.0862. The van der Waals surface area contributed by atoms with Crippen molar-refractivity contribution in [3.63, 3.8) is 0 Å². The molecular weight excluding hydrogens is 771 g/mol. The highest BCUT2D eigenvalue weighted by atomic mass is 32.1. The number of nitrogens with zero attached hydrogens (tertiary/aromatic N) is 3. The maximum atomic E-state index is 5.34. The van der Waals surface area contributed by atoms with E-state index in [1.165, 1.54) is 86.4 Å². The number of aromatic nitrogens is 3. The van der Waals surface area contributed by atoms with Crippen LogP contribution in [0.1, 0.15) is 40.2 Å². The lowest BCUT2D eigenvalue weighted by Crippen LogP contribution is -2.08. The summed E-state index contributed by atoms with van der Waals surface area (Å²) in [5.41, 5.74) is 15.4. The summed E-state index contributed by atoms with van der Waals surface area (Å²) in [5, 5.41) is 7.48. The van der Waals surface area contributed by atoms with Crippen LogP contribution in [0.3, 0.4) is 0 Å². The SMILES string of the molecule is c1ccc2c(c1)-c1cc3ccccc3cc1C2CCc1ccc2c(c1)CCc1cccc(-c3nc(-c4ccc5ccccc5c4)nc(-c4ccc5sc6ccccc6c5c4)n3)c1-2. The van der Waals surface area contributed by atoms with Crippen molar-refractivity contribution in [2.24, 2.45) is 0 Å². The summed E-state index contributed by atoms with van der Waals surface area (Å²) in [6.45, 7) is 0. The van der Waals surface area contributed by atoms with Crippen LogP contribution in [0.4, 0.5) is 0 Å². The molecule has 2 heterocycles. The molecule has 9 aromatic carbocycles. The minimum absolute atomic E-state index is 0.378. The van der Waals surface area contributed by atoms with E-state index in [1.807, 2.05) is 11.3 Å². The lowest BCUT2D eigenvalue weighted by molar-refractivity contribution is 0.729. The number of fused-ring (bicyclic) bond motifs is 11. The first-order valence-electron chi connectivity index (χ1n) is 21.7. The van der Waals surface area contributed by atoms with Crippen LogP contribution in [0, 0.1) is 0 Å². The lowest BCUT2D eigenvalue weighted by atomic mass is 9.81. The molecule has 62 heavy (non-hydrogen) atoms. The molecular formula is C58H39N3S. The first-order chi connectivity index (χ1) is 30.7. The molecule has 4 heteroatoms. The number of benzene rings is 9. The van der Waals surface area contributed by atoms with Crippen molar-refractivity contribution in [1.82, 2.24) is 15.0 Å². The minimum atomic E-state index is 0.378. The fourth-order valence-corrected chi connectivity index (χ4v) is 11.5. The quantitative estimate of drug-likeness (QED) is 0.168. The molecule has 292 valence electrons. The van der Waals surface area contributed by atoms with E-state index in [4.69, 9.17) is 15.0 Å². The van der Waals surface area contributed by atoms with E-state index in [0.29, 0.717) is 23.4 Å². The Balaban J connectivity index is 0.895. The van der Waals surface area contributed by atoms with E-state index in [-0.39, 0.29) is 0 Å². The van der Waals surface area contributed by atoms with Crippen LogP contribution in [-0.4, -0.2) is 15.0 Å². The van der Waals surface area contributed by atoms with Crippen LogP contribution in [0.5, 0.6) is 0 Å². The molecule has 0 saturated carbocycles. The van der Waals surface area contributed by atoms with Crippen LogP contribution < -0.4 is 0 Å². The van der Waals surface area contributed by atoms with Gasteiger partial charge >= 0.3 is 0 Å². The number of rotatable bonds is 6. The topological polar surface area (TPSA) is 38.7 Å². The summed E-state index contributed by atoms with van der Waals surface area (Å²) < 4.78 is 2.55. The summed E-state index contributed by atoms with van der Waals surface area (Å²) in [4.78, 5) is 15.9. The average Bonchev–Trinajstić information content (AvgIpc) is 3.86. The molecule has 2 aromatic heterocycles. The summed E-state index contributed by atoms with van der Waals surface area (Å²) >= 11 is 1.83. The Bertz CT molecular complexity index is 3620. The van der Waals surface area contributed by atoms with Gasteiger partial charge in [-0.05, 0) is 140 Å². The molecule has 0 radical (unpaired) electrons. The Morgan fingerprint density at radius 1 is 0.419 bits per heavy atom. The zero-order valence-corrected chi connectivity index (χ0v) is 34.8. The van der Waals surface area contributed by atoms with Crippen molar-refractivity contribution in [2.45, 2.75) is 31.6 Å². The largest absolute Gasteiger partial charge is 0.208 e. The molecule has 0 aliphatic heterocycles. The van der Waals surface area contributed by atoms with E-state index < -0.39 is 0 Å². The highest BCUT2D eigenvalue weighted by Crippen LogP contribution is 2.49. The molecule has 0 N–H and O–H groups in total. The van der Waals surface area contributed by atoms with Gasteiger partial charge in [0.05, 0.1) is 0 Å². The molecule has 11 aromatic rings. The predicted octanol–water partition coefficient (Wildman–Crippen LogP) is 15.1. The van der Waals surface area contributed by atoms with Crippen LogP contribution in [0.25, 0.3) is 98.1 Å². The highest BCUT2D eigenvalue weighted by Gasteiger charge is 2.29. The van der Waals surface area contributed by atoms with Crippen LogP contribution in [-0.2, 0) is 19.3 Å². The third kappa shape index (κ3) is 5.82. The monoisotopic (exact) mass is 809 g/mol. The van der Waals surface area contributed by atoms with E-state index >= 15 is 0 Å². The zero-order valence-electron chi connectivity index (χ0n) is 34.0. The van der Waals surface area contributed by atoms with E-state index in [2.05, 4.69) is 182 Å². The summed E-state index contributed by atoms with van der Waals surface area (Å²) in [6, 6.07) is 66.9. The van der Waals surface area contributed by atoms with Crippen molar-refractivity contribution >= 4 is 53.1 Å². The van der Waals surface area contributed by atoms with Crippen molar-refractivity contribution in [3.05, 3.63) is 210 Å². The molecule has 13 rings (SSSR count). The molecule has 0 fully saturated rings. The van der Waals surface area contributed by atoms with Gasteiger partial charge in [0.2, 0.25) is 0 Å². The summed E-state index contributed by atoms with van der Waals surface area (Å²) in [7, 11) is 0. The lowest BCUT2D eigenvalue weighted by Gasteiger charge is -2.24. The van der Waals surface area contributed by atoms with Gasteiger partial charge < -0.3 is 0 Å². The first-order valence-corrected chi connectivity index (χ1v) is 22.5. The predicted molar refractivity (Wildman–Crippen MR) is 259 cm³/mol. The van der Waals surface area contributed by atoms with Gasteiger partial charge in [-0.1, -0.05) is 140 Å². The third-order valence-corrected chi connectivity index (χ3v) is 14.6. The van der Waals surface area contributed by atoms with Crippen molar-refractivity contribution in [2.75, 3.05) is 0 Å². The minimum Gasteiger partial charge on any atom is -0.208 e. The summed E-state index contributed by atoms with van der Waals surface area (Å²) in [6.07, 6.45) is 4.08. The van der Waals surface area contributed by atoms with Crippen molar-refractivity contribution in [1.29, 1.82) is 0 Å². The van der Waals surface area contributed by atoms with Crippen LogP contribution >= 0.6 is 11.3 Å². The molecule has 0 spiro atoms. The van der Waals surface area contributed by atoms with Crippen molar-refractivity contribution < 1.29 is 0 Å². The Morgan fingerprint density at radius 2 is 1.10 bits per heavy atom. The van der Waals surface area contributed by atoms with Gasteiger partial charge in [-0.25, -0.2) is 15.0 Å². The molecule has 2 aliphatic rings. The second-order valence-corrected chi connectivity index (χ2v) is 18.1. The molecule has 1 atom stereocenters. The maximum Gasteiger partial charge on any atom is 0.164 e. The first kappa shape index (κ1) is 35.5. The number of hydrogen-bond donors (Lipinski definition) is 0. The van der Waals surface area contributed by atoms with Gasteiger partial charge in [0.15, 0.2) is 17.5 Å². The van der Waals surface area contributed by atoms with Gasteiger partial charge in [0.25, 0.3) is 0 Å². The number of thiophene rings is 1. The number of aryl methyl sites for hydroxylation is 3. The van der Waals surface area contributed by atoms with E-state index in [9.17, 15) is 0 Å². The smallest absolute Gasteiger partial charge is 0.164 e. The fourth-order valence-electron chi connectivity index (χ4n) is 10.4. The van der Waals surface area contributed by atoms with Crippen molar-refractivity contribution in [3.8, 4) is 56.4 Å². The third-order valence-electron chi connectivity index (χ3n) is 13.4. The second-order valence-electron chi connectivity index (χ2n) is 17.0. The second kappa shape index (κ2) is 14.2. The Hall–Kier alpha value is -7.27. The number of hydrogen-bond acceptors (Lipinski definition) is 4. The highest BCUT2D eigenvalue weighted by molar-refractivity contribution is 7.25. The average molecular weight is 810 g/mol. The normalized spacial score (nSPS) is 14.0. The standard InChI is InChI=1S/C58H39N3S/c1-2-11-38-31-42(25-22-36(38)10-1)56-59-57(43-26-29-54-52(34-43)48-17-7-8-19-53(48)62-54)61-58(60-56)49-18-9-14-37-23-24-41-30-35(20-27-44(41)55(37)49)21-28-47-45-15-5-6-16-46(45)50-32-39-12-3-4-13-40(39)33-51(47)50/h1-20,22,25-27,29-34,47H,21,23-24,28H2. The van der Waals surface area contributed by atoms with Gasteiger partial charge in [0, 0.05) is 42.8 Å². The molecule has 2 aliphatic carbocycles. The van der Waals surface area contributed by atoms with Gasteiger partial charge in [-0.2, -0.15) is 0 Å². The van der Waals surface area contributed by atoms with Gasteiger partial charge in [0.1, 0.15) is 0 Å². The molecule has 3 nitrogen and oxygen atoms in total. The van der Waals surface area contributed by atoms with Crippen LogP contribution in [0.15, 0.2) is 182 Å². The molecule has 0 bridgehead atoms. The van der Waals surface area contributed by atoms with Gasteiger partial charge in [-0.15, -0.1) is 11.3 Å². The maximum absolute atomic E-state index is 5.34. The molecule has 0 saturated heterocycles. The van der Waals surface area contributed by atoms with E-state index in [0.717, 1.165) is 47.8 Å². The van der Waals surface area contributed by atoms with E-state index in [1.54, 1.807) is 0 Å². The summed E-state index contributed by atoms with van der Waals surface area (Å²) in [5.74, 6) is 2.44. The molecule has 1 unspecified atom stereocenters. The Kier molecular flexibility index (Phi) is 8.10. The van der Waals surface area contributed by atoms with Gasteiger partial charge in [-0.3, -0.25) is 0 Å².